The van der Waals surface area contributed by atoms with Crippen molar-refractivity contribution in [3.05, 3.63) is 59.7 Å². The van der Waals surface area contributed by atoms with Gasteiger partial charge in [0.25, 0.3) is 24.8 Å². The molecular weight excluding hydrogens is 883 g/mol. The maximum absolute atomic E-state index is 12.3. The van der Waals surface area contributed by atoms with E-state index in [0.717, 1.165) is 24.3 Å². The highest BCUT2D eigenvalue weighted by molar-refractivity contribution is 8.13. The fourth-order valence-electron chi connectivity index (χ4n) is 2.47. The summed E-state index contributed by atoms with van der Waals surface area (Å²) in [5.74, 6) is -2.31. The normalized spacial score (nSPS) is 15.4. The Labute approximate surface area is 346 Å². The SMILES string of the molecule is C.C.C.C.C.C1CCOC1.C[C@](O)(C(=O)O)C(F)(F)F.C[C@](O)(CO)C(F)(F)F.Cc1ccc(S(=O)(=O)Cl)cc1.Cc1ccc(S(=O)(=O)OC[C@](C)(O)C(F)(F)F)cc1. The maximum atomic E-state index is 12.3. The summed E-state index contributed by atoms with van der Waals surface area (Å²) < 4.78 is 159. The number of hydrogen-bond donors (Lipinski definition) is 5. The summed E-state index contributed by atoms with van der Waals surface area (Å²) in [6.07, 6.45) is -12.3. The summed E-state index contributed by atoms with van der Waals surface area (Å²) in [7, 11) is -2.79. The minimum Gasteiger partial charge on any atom is -0.479 e. The summed E-state index contributed by atoms with van der Waals surface area (Å²) >= 11 is 0. The zero-order chi connectivity index (χ0) is 43.2. The molecular formula is C35H60ClF9O12S2. The molecule has 0 saturated carbocycles. The van der Waals surface area contributed by atoms with Crippen LogP contribution in [-0.2, 0) is 32.9 Å². The summed E-state index contributed by atoms with van der Waals surface area (Å²) in [5, 5.41) is 41.3. The summed E-state index contributed by atoms with van der Waals surface area (Å²) in [6, 6.07) is 11.8. The highest BCUT2D eigenvalue weighted by atomic mass is 35.7. The quantitative estimate of drug-likeness (QED) is 0.101. The average molecular weight is 943 g/mol. The molecule has 2 aromatic carbocycles. The van der Waals surface area contributed by atoms with Gasteiger partial charge in [-0.25, -0.2) is 13.2 Å². The van der Waals surface area contributed by atoms with Gasteiger partial charge < -0.3 is 30.3 Å². The third kappa shape index (κ3) is 26.2. The summed E-state index contributed by atoms with van der Waals surface area (Å²) in [5.41, 5.74) is -8.04. The second-order valence-corrected chi connectivity index (χ2v) is 15.9. The van der Waals surface area contributed by atoms with Crippen LogP contribution < -0.4 is 0 Å². The Morgan fingerprint density at radius 3 is 1.17 bits per heavy atom. The Balaban J connectivity index is -0.000000119. The molecule has 59 heavy (non-hydrogen) atoms. The van der Waals surface area contributed by atoms with Crippen LogP contribution in [0.25, 0.3) is 0 Å². The van der Waals surface area contributed by atoms with Crippen molar-refractivity contribution >= 4 is 35.8 Å². The Hall–Kier alpha value is -2.77. The molecule has 0 spiro atoms. The number of carboxylic acids is 1. The van der Waals surface area contributed by atoms with E-state index in [1.54, 1.807) is 19.1 Å². The number of carboxylic acid groups (broad SMARTS) is 1. The van der Waals surface area contributed by atoms with Gasteiger partial charge in [-0.15, -0.1) is 0 Å². The van der Waals surface area contributed by atoms with Crippen molar-refractivity contribution < 1.29 is 95.6 Å². The van der Waals surface area contributed by atoms with Gasteiger partial charge in [0.1, 0.15) is 6.61 Å². The van der Waals surface area contributed by atoms with Crippen molar-refractivity contribution in [1.29, 1.82) is 0 Å². The van der Waals surface area contributed by atoms with Crippen LogP contribution in [0.5, 0.6) is 0 Å². The summed E-state index contributed by atoms with van der Waals surface area (Å²) in [6.45, 7) is 4.03. The predicted molar refractivity (Wildman–Crippen MR) is 207 cm³/mol. The zero-order valence-corrected chi connectivity index (χ0v) is 31.4. The maximum Gasteiger partial charge on any atom is 0.427 e. The molecule has 2 aromatic rings. The Kier molecular flexibility index (Phi) is 33.5. The molecule has 1 aliphatic heterocycles. The number of aliphatic carboxylic acids is 1. The third-order valence-corrected chi connectivity index (χ3v) is 9.08. The van der Waals surface area contributed by atoms with E-state index in [4.69, 9.17) is 41.0 Å². The van der Waals surface area contributed by atoms with E-state index in [2.05, 4.69) is 4.18 Å². The lowest BCUT2D eigenvalue weighted by atomic mass is 10.1. The molecule has 1 aliphatic rings. The van der Waals surface area contributed by atoms with Gasteiger partial charge in [0.05, 0.1) is 16.4 Å². The zero-order valence-electron chi connectivity index (χ0n) is 29.1. The minimum absolute atomic E-state index is 0. The van der Waals surface area contributed by atoms with E-state index < -0.39 is 73.7 Å². The number of rotatable bonds is 7. The van der Waals surface area contributed by atoms with E-state index in [1.165, 1.54) is 49.2 Å². The topological polar surface area (TPSA) is 205 Å². The first-order valence-electron chi connectivity index (χ1n) is 14.7. The first-order valence-corrected chi connectivity index (χ1v) is 18.4. The number of aryl methyl sites for hydroxylation is 2. The first-order chi connectivity index (χ1) is 24.0. The second kappa shape index (κ2) is 28.0. The number of aliphatic hydroxyl groups excluding tert-OH is 1. The van der Waals surface area contributed by atoms with Gasteiger partial charge in [-0.1, -0.05) is 72.5 Å². The van der Waals surface area contributed by atoms with Crippen molar-refractivity contribution in [2.45, 2.75) is 130 Å². The Bertz CT molecular complexity index is 1640. The van der Waals surface area contributed by atoms with E-state index in [1.807, 2.05) is 6.92 Å². The van der Waals surface area contributed by atoms with Gasteiger partial charge in [-0.2, -0.15) is 47.9 Å². The smallest absolute Gasteiger partial charge is 0.427 e. The van der Waals surface area contributed by atoms with E-state index in [0.29, 0.717) is 13.8 Å². The molecule has 12 nitrogen and oxygen atoms in total. The number of hydrogen-bond acceptors (Lipinski definition) is 11. The van der Waals surface area contributed by atoms with E-state index >= 15 is 0 Å². The largest absolute Gasteiger partial charge is 0.479 e. The number of ether oxygens (including phenoxy) is 1. The van der Waals surface area contributed by atoms with E-state index in [-0.39, 0.29) is 53.8 Å². The van der Waals surface area contributed by atoms with Crippen LogP contribution in [0, 0.1) is 13.8 Å². The fourth-order valence-corrected chi connectivity index (χ4v) is 4.23. The number of carbonyl (C=O) groups is 1. The van der Waals surface area contributed by atoms with Gasteiger partial charge in [0.2, 0.25) is 0 Å². The fraction of sp³-hybridized carbons (Fsp3) is 0.629. The standard InChI is InChI=1S/C11H13F3O4S.C7H7ClO2S.C4H5F3O3.C4H7F3O2.C4H8O.5CH4/c1-8-3-5-9(6-4-8)19(16,17)18-7-10(2,15)11(12,13)14;1-6-2-4-7(5-3-6)11(8,9)10;1-3(10,2(8)9)4(5,6)7;1-3(9,2-8)4(5,6)7;1-2-4-5-3-1;;;;;/h3-6,15H,7H2,1-2H3;2-5H,1H3;10H,1H3,(H,8,9);8-9H,2H2,1H3;1-4H2;5*1H4/t10-;;2*3-;;;;;;/m0.00....../s1. The number of alkyl halides is 9. The molecule has 1 fully saturated rings. The lowest BCUT2D eigenvalue weighted by Gasteiger charge is -2.25. The molecule has 0 aromatic heterocycles. The highest BCUT2D eigenvalue weighted by Gasteiger charge is 2.56. The van der Waals surface area contributed by atoms with Crippen LogP contribution in [0.15, 0.2) is 58.3 Å². The first kappa shape index (κ1) is 70.8. The van der Waals surface area contributed by atoms with Crippen LogP contribution in [-0.4, -0.2) is 110 Å². The van der Waals surface area contributed by atoms with Gasteiger partial charge in [-0.3, -0.25) is 4.18 Å². The van der Waals surface area contributed by atoms with Crippen molar-refractivity contribution in [2.75, 3.05) is 26.4 Å². The molecule has 3 atom stereocenters. The number of halogens is 10. The Morgan fingerprint density at radius 1 is 0.661 bits per heavy atom. The van der Waals surface area contributed by atoms with Crippen LogP contribution in [0.3, 0.4) is 0 Å². The van der Waals surface area contributed by atoms with Crippen molar-refractivity contribution in [1.82, 2.24) is 0 Å². The molecule has 0 aliphatic carbocycles. The molecule has 3 rings (SSSR count). The molecule has 1 saturated heterocycles. The lowest BCUT2D eigenvalue weighted by molar-refractivity contribution is -0.263. The average Bonchev–Trinajstić information content (AvgIpc) is 3.60. The lowest BCUT2D eigenvalue weighted by Crippen LogP contribution is -2.49. The molecule has 0 bridgehead atoms. The van der Waals surface area contributed by atoms with Crippen molar-refractivity contribution in [2.24, 2.45) is 0 Å². The molecule has 0 radical (unpaired) electrons. The second-order valence-electron chi connectivity index (χ2n) is 11.7. The van der Waals surface area contributed by atoms with E-state index in [9.17, 15) is 61.1 Å². The Morgan fingerprint density at radius 2 is 0.983 bits per heavy atom. The molecule has 354 valence electrons. The number of benzene rings is 2. The van der Waals surface area contributed by atoms with Crippen molar-refractivity contribution in [3.63, 3.8) is 0 Å². The number of aliphatic hydroxyl groups is 4. The van der Waals surface area contributed by atoms with Gasteiger partial charge in [0.15, 0.2) is 11.2 Å². The van der Waals surface area contributed by atoms with Crippen LogP contribution in [0.1, 0.15) is 81.9 Å². The van der Waals surface area contributed by atoms with Gasteiger partial charge >= 0.3 is 24.5 Å². The molecule has 24 heteroatoms. The van der Waals surface area contributed by atoms with Gasteiger partial charge in [0, 0.05) is 23.9 Å². The van der Waals surface area contributed by atoms with Crippen LogP contribution in [0.2, 0.25) is 0 Å². The van der Waals surface area contributed by atoms with Crippen LogP contribution in [0.4, 0.5) is 39.5 Å². The molecule has 5 N–H and O–H groups in total. The third-order valence-electron chi connectivity index (χ3n) is 6.43. The monoisotopic (exact) mass is 942 g/mol. The van der Waals surface area contributed by atoms with Crippen molar-refractivity contribution in [3.8, 4) is 0 Å². The minimum atomic E-state index is -5.13. The summed E-state index contributed by atoms with van der Waals surface area (Å²) in [4.78, 5) is 9.57. The van der Waals surface area contributed by atoms with Crippen LogP contribution >= 0.6 is 10.7 Å². The molecule has 1 heterocycles. The highest BCUT2D eigenvalue weighted by Crippen LogP contribution is 2.32. The molecule has 0 unspecified atom stereocenters. The van der Waals surface area contributed by atoms with Gasteiger partial charge in [-0.05, 0) is 71.7 Å². The molecule has 0 amide bonds. The predicted octanol–water partition coefficient (Wildman–Crippen LogP) is 8.59.